The van der Waals surface area contributed by atoms with E-state index in [1.54, 1.807) is 12.3 Å². The molecule has 0 aliphatic rings. The highest BCUT2D eigenvalue weighted by Crippen LogP contribution is 2.27. The Kier molecular flexibility index (Phi) is 3.88. The number of hydrogen-bond acceptors (Lipinski definition) is 4. The second-order valence-corrected chi connectivity index (χ2v) is 4.58. The van der Waals surface area contributed by atoms with Gasteiger partial charge in [0.2, 0.25) is 0 Å². The highest BCUT2D eigenvalue weighted by atomic mass is 35.5. The van der Waals surface area contributed by atoms with Crippen molar-refractivity contribution in [3.63, 3.8) is 0 Å². The molecule has 0 radical (unpaired) electrons. The van der Waals surface area contributed by atoms with Crippen LogP contribution < -0.4 is 10.2 Å². The fraction of sp³-hybridized carbons (Fsp3) is 0.143. The van der Waals surface area contributed by atoms with Gasteiger partial charge in [0.15, 0.2) is 5.82 Å². The third-order valence-electron chi connectivity index (χ3n) is 2.63. The van der Waals surface area contributed by atoms with Crippen molar-refractivity contribution in [3.05, 3.63) is 47.1 Å². The summed E-state index contributed by atoms with van der Waals surface area (Å²) in [5.41, 5.74) is 2.34. The fourth-order valence-corrected chi connectivity index (χ4v) is 1.82. The summed E-state index contributed by atoms with van der Waals surface area (Å²) in [6, 6.07) is 11.5. The fourth-order valence-electron chi connectivity index (χ4n) is 1.62. The minimum atomic E-state index is 0.334. The van der Waals surface area contributed by atoms with Crippen molar-refractivity contribution in [2.24, 2.45) is 0 Å². The van der Waals surface area contributed by atoms with Gasteiger partial charge in [0, 0.05) is 31.7 Å². The van der Waals surface area contributed by atoms with Gasteiger partial charge in [0.1, 0.15) is 11.1 Å². The summed E-state index contributed by atoms with van der Waals surface area (Å²) < 4.78 is 0. The average molecular weight is 273 g/mol. The lowest BCUT2D eigenvalue weighted by Gasteiger charge is -2.14. The third kappa shape index (κ3) is 2.95. The molecule has 2 rings (SSSR count). The number of nitrogens with one attached hydrogen (secondary N) is 1. The first kappa shape index (κ1) is 13.2. The van der Waals surface area contributed by atoms with Gasteiger partial charge in [0.05, 0.1) is 5.56 Å². The summed E-state index contributed by atoms with van der Waals surface area (Å²) in [6.07, 6.45) is 1.56. The van der Waals surface area contributed by atoms with Crippen LogP contribution in [0.5, 0.6) is 0 Å². The molecule has 1 N–H and O–H groups in total. The molecule has 0 bridgehead atoms. The highest BCUT2D eigenvalue weighted by Gasteiger charge is 2.07. The van der Waals surface area contributed by atoms with Gasteiger partial charge in [-0.15, -0.1) is 0 Å². The average Bonchev–Trinajstić information content (AvgIpc) is 2.41. The van der Waals surface area contributed by atoms with E-state index in [2.05, 4.69) is 10.3 Å². The van der Waals surface area contributed by atoms with Crippen molar-refractivity contribution in [2.45, 2.75) is 0 Å². The van der Waals surface area contributed by atoms with Crippen molar-refractivity contribution < 1.29 is 0 Å². The molecule has 0 aliphatic carbocycles. The number of benzene rings is 1. The van der Waals surface area contributed by atoms with Gasteiger partial charge in [0.25, 0.3) is 0 Å². The molecule has 2 aromatic rings. The summed E-state index contributed by atoms with van der Waals surface area (Å²) in [5.74, 6) is 0.483. The normalized spacial score (nSPS) is 9.79. The maximum absolute atomic E-state index is 8.93. The topological polar surface area (TPSA) is 52.0 Å². The van der Waals surface area contributed by atoms with E-state index in [1.807, 2.05) is 49.3 Å². The summed E-state index contributed by atoms with van der Waals surface area (Å²) in [5, 5.41) is 12.4. The third-order valence-corrected chi connectivity index (χ3v) is 3.02. The second-order valence-electron chi connectivity index (χ2n) is 4.20. The van der Waals surface area contributed by atoms with Crippen molar-refractivity contribution in [1.29, 1.82) is 5.26 Å². The van der Waals surface area contributed by atoms with E-state index >= 15 is 0 Å². The van der Waals surface area contributed by atoms with E-state index in [9.17, 15) is 0 Å². The van der Waals surface area contributed by atoms with Crippen LogP contribution in [0.4, 0.5) is 17.2 Å². The molecule has 19 heavy (non-hydrogen) atoms. The molecule has 0 saturated heterocycles. The summed E-state index contributed by atoms with van der Waals surface area (Å²) in [6.45, 7) is 0. The highest BCUT2D eigenvalue weighted by molar-refractivity contribution is 6.34. The van der Waals surface area contributed by atoms with Crippen LogP contribution in [0.15, 0.2) is 36.5 Å². The van der Waals surface area contributed by atoms with Crippen molar-refractivity contribution >= 4 is 28.8 Å². The largest absolute Gasteiger partial charge is 0.378 e. The molecule has 1 aromatic heterocycles. The van der Waals surface area contributed by atoms with Gasteiger partial charge in [-0.3, -0.25) is 0 Å². The molecular formula is C14H13ClN4. The number of pyridine rings is 1. The lowest BCUT2D eigenvalue weighted by Crippen LogP contribution is -2.08. The van der Waals surface area contributed by atoms with Gasteiger partial charge >= 0.3 is 0 Å². The lowest BCUT2D eigenvalue weighted by molar-refractivity contribution is 1.13. The van der Waals surface area contributed by atoms with E-state index < -0.39 is 0 Å². The molecule has 4 nitrogen and oxygen atoms in total. The minimum Gasteiger partial charge on any atom is -0.378 e. The standard InChI is InChI=1S/C14H13ClN4/c1-19(2)12-5-3-4-11(8-12)18-14-13(15)10(9-16)6-7-17-14/h3-8H,1-2H3,(H,17,18). The van der Waals surface area contributed by atoms with Gasteiger partial charge in [-0.2, -0.15) is 5.26 Å². The Balaban J connectivity index is 2.32. The number of anilines is 3. The lowest BCUT2D eigenvalue weighted by atomic mass is 10.2. The number of nitrogens with zero attached hydrogens (tertiary/aromatic N) is 3. The minimum absolute atomic E-state index is 0.334. The molecule has 5 heteroatoms. The number of rotatable bonds is 3. The maximum Gasteiger partial charge on any atom is 0.150 e. The zero-order valence-electron chi connectivity index (χ0n) is 10.7. The Bertz CT molecular complexity index is 632. The summed E-state index contributed by atoms with van der Waals surface area (Å²) >= 11 is 6.10. The molecule has 1 heterocycles. The Labute approximate surface area is 117 Å². The van der Waals surface area contributed by atoms with E-state index in [-0.39, 0.29) is 0 Å². The Hall–Kier alpha value is -2.25. The molecule has 0 aliphatic heterocycles. The number of nitriles is 1. The molecule has 0 fully saturated rings. The van der Waals surface area contributed by atoms with Gasteiger partial charge in [-0.05, 0) is 24.3 Å². The van der Waals surface area contributed by atoms with Crippen molar-refractivity contribution in [2.75, 3.05) is 24.3 Å². The van der Waals surface area contributed by atoms with Crippen LogP contribution in [-0.2, 0) is 0 Å². The van der Waals surface area contributed by atoms with E-state index in [1.165, 1.54) is 0 Å². The first-order valence-electron chi connectivity index (χ1n) is 5.71. The SMILES string of the molecule is CN(C)c1cccc(Nc2nccc(C#N)c2Cl)c1. The Morgan fingerprint density at radius 1 is 1.32 bits per heavy atom. The first-order valence-corrected chi connectivity index (χ1v) is 6.08. The smallest absolute Gasteiger partial charge is 0.150 e. The second kappa shape index (κ2) is 5.59. The monoisotopic (exact) mass is 272 g/mol. The van der Waals surface area contributed by atoms with Crippen LogP contribution in [0.3, 0.4) is 0 Å². The predicted molar refractivity (Wildman–Crippen MR) is 78.0 cm³/mol. The zero-order chi connectivity index (χ0) is 13.8. The van der Waals surface area contributed by atoms with Gasteiger partial charge in [-0.1, -0.05) is 17.7 Å². The van der Waals surface area contributed by atoms with Crippen LogP contribution in [-0.4, -0.2) is 19.1 Å². The molecule has 0 amide bonds. The van der Waals surface area contributed by atoms with Gasteiger partial charge < -0.3 is 10.2 Å². The van der Waals surface area contributed by atoms with Crippen LogP contribution in [0.1, 0.15) is 5.56 Å². The first-order chi connectivity index (χ1) is 9.11. The molecule has 0 unspecified atom stereocenters. The van der Waals surface area contributed by atoms with E-state index in [0.717, 1.165) is 11.4 Å². The Morgan fingerprint density at radius 3 is 2.79 bits per heavy atom. The molecular weight excluding hydrogens is 260 g/mol. The Morgan fingerprint density at radius 2 is 2.11 bits per heavy atom. The summed E-state index contributed by atoms with van der Waals surface area (Å²) in [7, 11) is 3.95. The number of hydrogen-bond donors (Lipinski definition) is 1. The van der Waals surface area contributed by atoms with E-state index in [0.29, 0.717) is 16.4 Å². The van der Waals surface area contributed by atoms with E-state index in [4.69, 9.17) is 16.9 Å². The molecule has 0 spiro atoms. The van der Waals surface area contributed by atoms with Crippen LogP contribution in [0.2, 0.25) is 5.02 Å². The maximum atomic E-state index is 8.93. The number of halogens is 1. The molecule has 0 atom stereocenters. The van der Waals surface area contributed by atoms with Crippen molar-refractivity contribution in [3.8, 4) is 6.07 Å². The van der Waals surface area contributed by atoms with Gasteiger partial charge in [-0.25, -0.2) is 4.98 Å². The van der Waals surface area contributed by atoms with Crippen molar-refractivity contribution in [1.82, 2.24) is 4.98 Å². The molecule has 1 aromatic carbocycles. The number of aromatic nitrogens is 1. The van der Waals surface area contributed by atoms with Crippen LogP contribution in [0, 0.1) is 11.3 Å². The predicted octanol–water partition coefficient (Wildman–Crippen LogP) is 3.42. The van der Waals surface area contributed by atoms with Crippen LogP contribution in [0.25, 0.3) is 0 Å². The molecule has 0 saturated carbocycles. The zero-order valence-corrected chi connectivity index (χ0v) is 11.4. The summed E-state index contributed by atoms with van der Waals surface area (Å²) in [4.78, 5) is 6.15. The quantitative estimate of drug-likeness (QED) is 0.930. The van der Waals surface area contributed by atoms with Crippen LogP contribution >= 0.6 is 11.6 Å². The molecule has 96 valence electrons.